The van der Waals surface area contributed by atoms with E-state index in [2.05, 4.69) is 15.1 Å². The van der Waals surface area contributed by atoms with Crippen LogP contribution in [0.5, 0.6) is 0 Å². The van der Waals surface area contributed by atoms with Crippen molar-refractivity contribution in [2.75, 3.05) is 23.8 Å². The molecule has 0 atom stereocenters. The molecule has 3 heterocycles. The summed E-state index contributed by atoms with van der Waals surface area (Å²) in [4.78, 5) is 20.0. The molecule has 2 aromatic heterocycles. The highest BCUT2D eigenvalue weighted by Crippen LogP contribution is 2.35. The molecule has 1 aromatic carbocycles. The van der Waals surface area contributed by atoms with Crippen molar-refractivity contribution in [2.45, 2.75) is 18.9 Å². The summed E-state index contributed by atoms with van der Waals surface area (Å²) in [6.45, 7) is 1.29. The van der Waals surface area contributed by atoms with Gasteiger partial charge in [0.1, 0.15) is 12.0 Å². The van der Waals surface area contributed by atoms with Crippen LogP contribution in [-0.2, 0) is 4.74 Å². The first-order valence-electron chi connectivity index (χ1n) is 9.08. The molecule has 0 saturated carbocycles. The van der Waals surface area contributed by atoms with Crippen molar-refractivity contribution in [3.05, 3.63) is 57.7 Å². The third-order valence-electron chi connectivity index (χ3n) is 4.75. The Morgan fingerprint density at radius 2 is 2.07 bits per heavy atom. The van der Waals surface area contributed by atoms with E-state index in [1.807, 2.05) is 4.68 Å². The lowest BCUT2D eigenvalue weighted by molar-refractivity contribution is -0.384. The van der Waals surface area contributed by atoms with Gasteiger partial charge < -0.3 is 10.5 Å². The zero-order valence-electron chi connectivity index (χ0n) is 15.6. The van der Waals surface area contributed by atoms with Crippen LogP contribution in [-0.4, -0.2) is 37.9 Å². The highest BCUT2D eigenvalue weighted by molar-refractivity contribution is 6.30. The Bertz CT molecular complexity index is 1090. The third-order valence-corrected chi connectivity index (χ3v) is 5.06. The predicted molar refractivity (Wildman–Crippen MR) is 108 cm³/mol. The number of anilines is 4. The van der Waals surface area contributed by atoms with Gasteiger partial charge in [-0.05, 0) is 31.0 Å². The van der Waals surface area contributed by atoms with E-state index < -0.39 is 16.4 Å². The molecule has 0 amide bonds. The van der Waals surface area contributed by atoms with Gasteiger partial charge in [-0.3, -0.25) is 19.7 Å². The Labute approximate surface area is 175 Å². The number of nitrogen functional groups attached to an aromatic ring is 1. The quantitative estimate of drug-likeness (QED) is 0.476. The topological polar surface area (TPSA) is 125 Å². The minimum absolute atomic E-state index is 0.0337. The van der Waals surface area contributed by atoms with Crippen molar-refractivity contribution < 1.29 is 14.1 Å². The lowest BCUT2D eigenvalue weighted by Gasteiger charge is -2.23. The molecule has 0 bridgehead atoms. The van der Waals surface area contributed by atoms with Crippen LogP contribution >= 0.6 is 11.6 Å². The molecule has 0 spiro atoms. The van der Waals surface area contributed by atoms with Crippen LogP contribution in [0.2, 0.25) is 5.02 Å². The molecule has 10 nitrogen and oxygen atoms in total. The van der Waals surface area contributed by atoms with Crippen molar-refractivity contribution in [3.8, 4) is 0 Å². The fourth-order valence-electron chi connectivity index (χ4n) is 3.22. The number of nitro groups is 1. The van der Waals surface area contributed by atoms with E-state index in [0.717, 1.165) is 19.0 Å². The molecule has 12 heteroatoms. The first kappa shape index (κ1) is 20.0. The first-order chi connectivity index (χ1) is 14.4. The Hall–Kier alpha value is -3.31. The zero-order valence-corrected chi connectivity index (χ0v) is 16.4. The van der Waals surface area contributed by atoms with E-state index in [4.69, 9.17) is 22.1 Å². The number of ether oxygens (including phenoxy) is 1. The third kappa shape index (κ3) is 3.89. The molecule has 2 N–H and O–H groups in total. The highest BCUT2D eigenvalue weighted by Gasteiger charge is 2.24. The maximum Gasteiger partial charge on any atom is 0.329 e. The molecule has 0 aliphatic carbocycles. The fourth-order valence-corrected chi connectivity index (χ4v) is 3.34. The second-order valence-corrected chi connectivity index (χ2v) is 7.06. The van der Waals surface area contributed by atoms with Crippen LogP contribution in [0.4, 0.5) is 33.2 Å². The van der Waals surface area contributed by atoms with Crippen molar-refractivity contribution in [2.24, 2.45) is 0 Å². The van der Waals surface area contributed by atoms with Gasteiger partial charge >= 0.3 is 5.69 Å². The Morgan fingerprint density at radius 1 is 1.30 bits per heavy atom. The summed E-state index contributed by atoms with van der Waals surface area (Å²) in [5.74, 6) is -0.904. The molecule has 30 heavy (non-hydrogen) atoms. The molecule has 0 unspecified atom stereocenters. The molecule has 1 saturated heterocycles. The molecule has 0 radical (unpaired) electrons. The highest BCUT2D eigenvalue weighted by atomic mass is 35.5. The van der Waals surface area contributed by atoms with Crippen molar-refractivity contribution >= 4 is 40.4 Å². The lowest BCUT2D eigenvalue weighted by atomic mass is 10.1. The normalized spacial score (nSPS) is 14.6. The number of hydrogen-bond acceptors (Lipinski definition) is 8. The van der Waals surface area contributed by atoms with Gasteiger partial charge in [0.2, 0.25) is 11.8 Å². The van der Waals surface area contributed by atoms with E-state index in [1.54, 1.807) is 18.5 Å². The number of benzene rings is 1. The summed E-state index contributed by atoms with van der Waals surface area (Å²) in [7, 11) is 0. The number of nitrogens with two attached hydrogens (primary N) is 1. The van der Waals surface area contributed by atoms with Crippen LogP contribution in [0.25, 0.3) is 0 Å². The zero-order chi connectivity index (χ0) is 21.3. The van der Waals surface area contributed by atoms with Crippen LogP contribution in [0.3, 0.4) is 0 Å². The maximum atomic E-state index is 14.2. The van der Waals surface area contributed by atoms with E-state index in [1.165, 1.54) is 17.0 Å². The number of rotatable bonds is 5. The van der Waals surface area contributed by atoms with Crippen molar-refractivity contribution in [1.29, 1.82) is 0 Å². The minimum Gasteiger partial charge on any atom is -0.381 e. The molecule has 4 rings (SSSR count). The summed E-state index contributed by atoms with van der Waals surface area (Å²) < 4.78 is 21.4. The summed E-state index contributed by atoms with van der Waals surface area (Å²) in [6, 6.07) is 4.36. The van der Waals surface area contributed by atoms with Gasteiger partial charge in [0.25, 0.3) is 0 Å². The molecule has 156 valence electrons. The van der Waals surface area contributed by atoms with E-state index in [-0.39, 0.29) is 22.8 Å². The lowest BCUT2D eigenvalue weighted by Crippen LogP contribution is -2.20. The Balaban J connectivity index is 1.78. The summed E-state index contributed by atoms with van der Waals surface area (Å²) in [6.07, 6.45) is 6.02. The van der Waals surface area contributed by atoms with Gasteiger partial charge in [0.05, 0.1) is 33.6 Å². The average Bonchev–Trinajstić information content (AvgIpc) is 3.21. The monoisotopic (exact) mass is 433 g/mol. The molecular weight excluding hydrogens is 417 g/mol. The van der Waals surface area contributed by atoms with Crippen LogP contribution in [0.1, 0.15) is 18.9 Å². The van der Waals surface area contributed by atoms with Crippen LogP contribution < -0.4 is 10.6 Å². The minimum atomic E-state index is -0.672. The van der Waals surface area contributed by atoms with Crippen molar-refractivity contribution in [3.63, 3.8) is 0 Å². The van der Waals surface area contributed by atoms with Crippen molar-refractivity contribution in [1.82, 2.24) is 19.7 Å². The number of nitrogens with zero attached hydrogens (tertiary/aromatic N) is 6. The van der Waals surface area contributed by atoms with Gasteiger partial charge in [-0.25, -0.2) is 9.37 Å². The van der Waals surface area contributed by atoms with E-state index >= 15 is 0 Å². The molecule has 1 aliphatic rings. The Morgan fingerprint density at radius 3 is 2.73 bits per heavy atom. The summed E-state index contributed by atoms with van der Waals surface area (Å²) in [5, 5.41) is 15.4. The second kappa shape index (κ2) is 8.20. The molecular formula is C18H17ClFN7O3. The average molecular weight is 434 g/mol. The standard InChI is InChI=1S/C18H17ClFN7O3/c19-14-2-1-12(7-15(14)20)26(18-22-9-16(27(28)29)17(21)24-18)13-8-23-25(10-13)11-3-5-30-6-4-11/h1-2,7-11H,3-6H2,(H2,21,22,24). The summed E-state index contributed by atoms with van der Waals surface area (Å²) in [5.41, 5.74) is 6.22. The van der Waals surface area contributed by atoms with Crippen LogP contribution in [0.15, 0.2) is 36.8 Å². The number of hydrogen-bond donors (Lipinski definition) is 1. The first-order valence-corrected chi connectivity index (χ1v) is 9.46. The molecule has 1 fully saturated rings. The van der Waals surface area contributed by atoms with E-state index in [9.17, 15) is 14.5 Å². The fraction of sp³-hybridized carbons (Fsp3) is 0.278. The van der Waals surface area contributed by atoms with Gasteiger partial charge in [-0.1, -0.05) is 11.6 Å². The SMILES string of the molecule is Nc1nc(N(c2ccc(Cl)c(F)c2)c2cnn(C3CCOCC3)c2)ncc1[N+](=O)[O-]. The second-order valence-electron chi connectivity index (χ2n) is 6.65. The van der Waals surface area contributed by atoms with Gasteiger partial charge in [0, 0.05) is 19.4 Å². The van der Waals surface area contributed by atoms with Crippen LogP contribution in [0, 0.1) is 15.9 Å². The molecule has 1 aliphatic heterocycles. The Kier molecular flexibility index (Phi) is 5.46. The van der Waals surface area contributed by atoms with Gasteiger partial charge in [0.15, 0.2) is 0 Å². The largest absolute Gasteiger partial charge is 0.381 e. The van der Waals surface area contributed by atoms with Gasteiger partial charge in [-0.15, -0.1) is 0 Å². The number of aromatic nitrogens is 4. The smallest absolute Gasteiger partial charge is 0.329 e. The summed E-state index contributed by atoms with van der Waals surface area (Å²) >= 11 is 5.82. The number of halogens is 2. The molecule has 3 aromatic rings. The predicted octanol–water partition coefficient (Wildman–Crippen LogP) is 3.78. The van der Waals surface area contributed by atoms with E-state index in [0.29, 0.717) is 24.6 Å². The maximum absolute atomic E-state index is 14.2. The van der Waals surface area contributed by atoms with Gasteiger partial charge in [-0.2, -0.15) is 10.1 Å².